The molecule has 3 aromatic heterocycles. The lowest BCUT2D eigenvalue weighted by Crippen LogP contribution is -2.26. The first-order valence-electron chi connectivity index (χ1n) is 7.94. The van der Waals surface area contributed by atoms with Crippen molar-refractivity contribution < 1.29 is 0 Å². The van der Waals surface area contributed by atoms with Crippen molar-refractivity contribution in [1.82, 2.24) is 23.9 Å². The molecule has 0 aliphatic heterocycles. The van der Waals surface area contributed by atoms with Gasteiger partial charge in [-0.15, -0.1) is 0 Å². The van der Waals surface area contributed by atoms with E-state index in [2.05, 4.69) is 15.0 Å². The molecule has 0 unspecified atom stereocenters. The number of aryl methyl sites for hydroxylation is 1. The summed E-state index contributed by atoms with van der Waals surface area (Å²) < 4.78 is 3.53. The Balaban J connectivity index is 1.88. The number of imidazole rings is 1. The van der Waals surface area contributed by atoms with E-state index in [1.165, 1.54) is 0 Å². The molecule has 4 rings (SSSR count). The number of rotatable bonds is 3. The van der Waals surface area contributed by atoms with Crippen LogP contribution in [0.3, 0.4) is 0 Å². The third-order valence-corrected chi connectivity index (χ3v) is 4.26. The number of hydrogen-bond donors (Lipinski definition) is 0. The van der Waals surface area contributed by atoms with E-state index in [0.29, 0.717) is 11.2 Å². The van der Waals surface area contributed by atoms with Crippen molar-refractivity contribution in [2.24, 2.45) is 0 Å². The van der Waals surface area contributed by atoms with Crippen LogP contribution in [-0.4, -0.2) is 23.9 Å². The van der Waals surface area contributed by atoms with Gasteiger partial charge in [0.05, 0.1) is 29.0 Å². The van der Waals surface area contributed by atoms with Gasteiger partial charge in [-0.05, 0) is 37.1 Å². The van der Waals surface area contributed by atoms with Gasteiger partial charge in [0.2, 0.25) is 5.78 Å². The molecule has 24 heavy (non-hydrogen) atoms. The van der Waals surface area contributed by atoms with Crippen LogP contribution in [0.15, 0.2) is 54.0 Å². The van der Waals surface area contributed by atoms with Gasteiger partial charge in [0.15, 0.2) is 0 Å². The zero-order valence-electron chi connectivity index (χ0n) is 13.5. The Morgan fingerprint density at radius 3 is 2.92 bits per heavy atom. The highest BCUT2D eigenvalue weighted by Crippen LogP contribution is 2.20. The van der Waals surface area contributed by atoms with E-state index < -0.39 is 0 Å². The fourth-order valence-corrected chi connectivity index (χ4v) is 3.02. The van der Waals surface area contributed by atoms with E-state index in [1.54, 1.807) is 17.1 Å². The molecule has 0 N–H and O–H groups in total. The van der Waals surface area contributed by atoms with E-state index in [1.807, 2.05) is 54.9 Å². The van der Waals surface area contributed by atoms with Gasteiger partial charge < -0.3 is 0 Å². The van der Waals surface area contributed by atoms with Crippen LogP contribution >= 0.6 is 0 Å². The SMILES string of the molecule is CC[C@H](c1cn2cccnc2n1)n1cnc2cc(C)ccc2c1=O. The second-order valence-corrected chi connectivity index (χ2v) is 5.89. The van der Waals surface area contributed by atoms with Gasteiger partial charge in [-0.3, -0.25) is 13.8 Å². The topological polar surface area (TPSA) is 65.1 Å². The first-order chi connectivity index (χ1) is 11.7. The molecule has 3 heterocycles. The van der Waals surface area contributed by atoms with Gasteiger partial charge in [0, 0.05) is 18.6 Å². The summed E-state index contributed by atoms with van der Waals surface area (Å²) in [5.41, 5.74) is 2.58. The molecule has 4 aromatic rings. The van der Waals surface area contributed by atoms with E-state index in [-0.39, 0.29) is 11.6 Å². The van der Waals surface area contributed by atoms with E-state index in [0.717, 1.165) is 23.2 Å². The predicted molar refractivity (Wildman–Crippen MR) is 92.2 cm³/mol. The van der Waals surface area contributed by atoms with Crippen LogP contribution in [0.25, 0.3) is 16.7 Å². The van der Waals surface area contributed by atoms with Gasteiger partial charge in [0.1, 0.15) is 0 Å². The lowest BCUT2D eigenvalue weighted by molar-refractivity contribution is 0.533. The molecule has 6 nitrogen and oxygen atoms in total. The number of fused-ring (bicyclic) bond motifs is 2. The summed E-state index contributed by atoms with van der Waals surface area (Å²) >= 11 is 0. The minimum Gasteiger partial charge on any atom is -0.291 e. The van der Waals surface area contributed by atoms with Crippen molar-refractivity contribution in [3.8, 4) is 0 Å². The van der Waals surface area contributed by atoms with Crippen molar-refractivity contribution in [3.63, 3.8) is 0 Å². The van der Waals surface area contributed by atoms with Crippen molar-refractivity contribution in [2.45, 2.75) is 26.3 Å². The number of benzene rings is 1. The average molecular weight is 319 g/mol. The molecule has 0 fully saturated rings. The van der Waals surface area contributed by atoms with Gasteiger partial charge in [0.25, 0.3) is 5.56 Å². The Bertz CT molecular complexity index is 1060. The van der Waals surface area contributed by atoms with Gasteiger partial charge in [-0.25, -0.2) is 15.0 Å². The second kappa shape index (κ2) is 5.56. The smallest absolute Gasteiger partial charge is 0.261 e. The second-order valence-electron chi connectivity index (χ2n) is 5.89. The van der Waals surface area contributed by atoms with E-state index in [4.69, 9.17) is 0 Å². The van der Waals surface area contributed by atoms with Crippen molar-refractivity contribution in [1.29, 1.82) is 0 Å². The Morgan fingerprint density at radius 2 is 2.12 bits per heavy atom. The fourth-order valence-electron chi connectivity index (χ4n) is 3.02. The number of hydrogen-bond acceptors (Lipinski definition) is 4. The largest absolute Gasteiger partial charge is 0.291 e. The summed E-state index contributed by atoms with van der Waals surface area (Å²) in [6.45, 7) is 4.03. The quantitative estimate of drug-likeness (QED) is 0.582. The average Bonchev–Trinajstić information content (AvgIpc) is 3.01. The number of nitrogens with zero attached hydrogens (tertiary/aromatic N) is 5. The van der Waals surface area contributed by atoms with Gasteiger partial charge in [-0.1, -0.05) is 13.0 Å². The van der Waals surface area contributed by atoms with E-state index in [9.17, 15) is 4.79 Å². The van der Waals surface area contributed by atoms with Crippen LogP contribution in [0.2, 0.25) is 0 Å². The zero-order valence-corrected chi connectivity index (χ0v) is 13.5. The van der Waals surface area contributed by atoms with Crippen LogP contribution in [0.4, 0.5) is 0 Å². The van der Waals surface area contributed by atoms with Crippen molar-refractivity contribution in [2.75, 3.05) is 0 Å². The molecule has 0 spiro atoms. The van der Waals surface area contributed by atoms with Gasteiger partial charge in [-0.2, -0.15) is 0 Å². The Labute approximate surface area is 138 Å². The molecule has 120 valence electrons. The van der Waals surface area contributed by atoms with Crippen molar-refractivity contribution >= 4 is 16.7 Å². The molecule has 0 radical (unpaired) electrons. The summed E-state index contributed by atoms with van der Waals surface area (Å²) in [5.74, 6) is 0.628. The Hall–Kier alpha value is -3.02. The molecule has 0 aliphatic carbocycles. The highest BCUT2D eigenvalue weighted by atomic mass is 16.1. The summed E-state index contributed by atoms with van der Waals surface area (Å²) in [7, 11) is 0. The highest BCUT2D eigenvalue weighted by Gasteiger charge is 2.18. The first-order valence-corrected chi connectivity index (χ1v) is 7.94. The van der Waals surface area contributed by atoms with Crippen molar-refractivity contribution in [3.05, 3.63) is 70.8 Å². The molecule has 0 amide bonds. The lowest BCUT2D eigenvalue weighted by Gasteiger charge is -2.16. The maximum Gasteiger partial charge on any atom is 0.261 e. The molecule has 0 saturated carbocycles. The predicted octanol–water partition coefficient (Wildman–Crippen LogP) is 2.75. The van der Waals surface area contributed by atoms with Crippen LogP contribution in [0, 0.1) is 6.92 Å². The highest BCUT2D eigenvalue weighted by molar-refractivity contribution is 5.77. The van der Waals surface area contributed by atoms with Crippen LogP contribution in [-0.2, 0) is 0 Å². The molecule has 0 aliphatic rings. The van der Waals surface area contributed by atoms with Gasteiger partial charge >= 0.3 is 0 Å². The first kappa shape index (κ1) is 14.6. The Kier molecular flexibility index (Phi) is 3.37. The molecular formula is C18H17N5O. The normalized spacial score (nSPS) is 12.8. The van der Waals surface area contributed by atoms with Crippen LogP contribution < -0.4 is 5.56 Å². The maximum absolute atomic E-state index is 12.9. The zero-order chi connectivity index (χ0) is 16.7. The van der Waals surface area contributed by atoms with Crippen LogP contribution in [0.1, 0.15) is 30.6 Å². The molecule has 1 atom stereocenters. The minimum absolute atomic E-state index is 0.0446. The number of aromatic nitrogens is 5. The minimum atomic E-state index is -0.169. The maximum atomic E-state index is 12.9. The molecular weight excluding hydrogens is 302 g/mol. The third kappa shape index (κ3) is 2.27. The van der Waals surface area contributed by atoms with Crippen LogP contribution in [0.5, 0.6) is 0 Å². The summed E-state index contributed by atoms with van der Waals surface area (Å²) in [5, 5.41) is 0.628. The standard InChI is InChI=1S/C18H17N5O/c1-3-16(15-10-22-8-4-7-19-18(22)21-15)23-11-20-14-9-12(2)5-6-13(14)17(23)24/h4-11,16H,3H2,1-2H3/t16-/m1/s1. The molecule has 6 heteroatoms. The monoisotopic (exact) mass is 319 g/mol. The van der Waals surface area contributed by atoms with E-state index >= 15 is 0 Å². The molecule has 0 bridgehead atoms. The third-order valence-electron chi connectivity index (χ3n) is 4.26. The summed E-state index contributed by atoms with van der Waals surface area (Å²) in [4.78, 5) is 26.2. The molecule has 1 aromatic carbocycles. The molecule has 0 saturated heterocycles. The lowest BCUT2D eigenvalue weighted by atomic mass is 10.1. The summed E-state index contributed by atoms with van der Waals surface area (Å²) in [6.07, 6.45) is 7.88. The fraction of sp³-hybridized carbons (Fsp3) is 0.222. The Morgan fingerprint density at radius 1 is 1.25 bits per heavy atom. The summed E-state index contributed by atoms with van der Waals surface area (Å²) in [6, 6.07) is 7.39.